The van der Waals surface area contributed by atoms with Crippen LogP contribution >= 0.6 is 0 Å². The lowest BCUT2D eigenvalue weighted by molar-refractivity contribution is -0.140. The largest absolute Gasteiger partial charge is 0.480 e. The van der Waals surface area contributed by atoms with E-state index in [0.29, 0.717) is 5.56 Å². The summed E-state index contributed by atoms with van der Waals surface area (Å²) in [5.41, 5.74) is 0.614. The summed E-state index contributed by atoms with van der Waals surface area (Å²) in [5.74, 6) is -3.27. The third-order valence-corrected chi connectivity index (χ3v) is 2.15. The Morgan fingerprint density at radius 2 is 1.78 bits per heavy atom. The maximum Gasteiger partial charge on any atom is 0.323 e. The molecule has 2 N–H and O–H groups in total. The Hall–Kier alpha value is -2.44. The van der Waals surface area contributed by atoms with Crippen LogP contribution in [0.5, 0.6) is 0 Å². The second-order valence-corrected chi connectivity index (χ2v) is 3.62. The zero-order valence-electron chi connectivity index (χ0n) is 9.66. The van der Waals surface area contributed by atoms with Crippen LogP contribution < -0.4 is 0 Å². The molecule has 0 saturated heterocycles. The van der Waals surface area contributed by atoms with E-state index in [0.717, 1.165) is 4.90 Å². The highest BCUT2D eigenvalue weighted by atomic mass is 16.4. The fourth-order valence-corrected chi connectivity index (χ4v) is 1.39. The molecule has 0 bridgehead atoms. The zero-order valence-corrected chi connectivity index (χ0v) is 9.66. The van der Waals surface area contributed by atoms with E-state index in [4.69, 9.17) is 10.2 Å². The topological polar surface area (TPSA) is 108 Å². The van der Waals surface area contributed by atoms with E-state index >= 15 is 0 Å². The number of rotatable bonds is 5. The summed E-state index contributed by atoms with van der Waals surface area (Å²) in [4.78, 5) is 37.7. The summed E-state index contributed by atoms with van der Waals surface area (Å²) in [5, 5.41) is 17.3. The number of carboxylic acid groups (broad SMARTS) is 2. The maximum atomic E-state index is 12.0. The average molecular weight is 252 g/mol. The number of carboxylic acids is 2. The molecule has 7 heteroatoms. The van der Waals surface area contributed by atoms with Gasteiger partial charge in [-0.2, -0.15) is 0 Å². The molecule has 0 aliphatic heterocycles. The Morgan fingerprint density at radius 1 is 1.22 bits per heavy atom. The molecule has 0 saturated carbocycles. The Labute approximate surface area is 103 Å². The number of aryl methyl sites for hydroxylation is 1. The Balaban J connectivity index is 2.98. The number of amides is 1. The van der Waals surface area contributed by atoms with Crippen LogP contribution in [0.4, 0.5) is 0 Å². The van der Waals surface area contributed by atoms with Gasteiger partial charge in [-0.3, -0.25) is 19.4 Å². The van der Waals surface area contributed by atoms with Crippen LogP contribution in [-0.4, -0.2) is 51.0 Å². The standard InChI is InChI=1S/C11H12N2O5/c1-7-3-2-4-12-10(7)11(18)13(5-8(14)15)6-9(16)17/h2-4H,5-6H2,1H3,(H,14,15)(H,16,17). The van der Waals surface area contributed by atoms with Crippen molar-refractivity contribution >= 4 is 17.8 Å². The summed E-state index contributed by atoms with van der Waals surface area (Å²) in [7, 11) is 0. The molecule has 0 spiro atoms. The van der Waals surface area contributed by atoms with Gasteiger partial charge in [0.1, 0.15) is 18.8 Å². The third kappa shape index (κ3) is 3.55. The van der Waals surface area contributed by atoms with Crippen molar-refractivity contribution in [1.82, 2.24) is 9.88 Å². The van der Waals surface area contributed by atoms with Crippen LogP contribution in [0.15, 0.2) is 18.3 Å². The summed E-state index contributed by atoms with van der Waals surface area (Å²) in [6.45, 7) is 0.280. The smallest absolute Gasteiger partial charge is 0.323 e. The number of carbonyl (C=O) groups excluding carboxylic acids is 1. The quantitative estimate of drug-likeness (QED) is 0.763. The number of aliphatic carboxylic acids is 2. The number of hydrogen-bond donors (Lipinski definition) is 2. The average Bonchev–Trinajstić information content (AvgIpc) is 2.26. The summed E-state index contributed by atoms with van der Waals surface area (Å²) < 4.78 is 0. The lowest BCUT2D eigenvalue weighted by Gasteiger charge is -2.18. The molecule has 1 heterocycles. The Bertz CT molecular complexity index is 470. The van der Waals surface area contributed by atoms with Crippen molar-refractivity contribution in [1.29, 1.82) is 0 Å². The van der Waals surface area contributed by atoms with E-state index in [1.165, 1.54) is 6.20 Å². The zero-order chi connectivity index (χ0) is 13.7. The number of nitrogens with zero attached hydrogens (tertiary/aromatic N) is 2. The highest BCUT2D eigenvalue weighted by Gasteiger charge is 2.23. The molecule has 1 amide bonds. The SMILES string of the molecule is Cc1cccnc1C(=O)N(CC(=O)O)CC(=O)O. The Kier molecular flexibility index (Phi) is 4.36. The van der Waals surface area contributed by atoms with Gasteiger partial charge in [-0.25, -0.2) is 0 Å². The second-order valence-electron chi connectivity index (χ2n) is 3.62. The van der Waals surface area contributed by atoms with Gasteiger partial charge in [-0.05, 0) is 18.6 Å². The second kappa shape index (κ2) is 5.76. The van der Waals surface area contributed by atoms with E-state index < -0.39 is 30.9 Å². The normalized spacial score (nSPS) is 9.83. The van der Waals surface area contributed by atoms with Crippen LogP contribution in [0.3, 0.4) is 0 Å². The van der Waals surface area contributed by atoms with Gasteiger partial charge in [-0.1, -0.05) is 6.07 Å². The van der Waals surface area contributed by atoms with Crippen LogP contribution in [0.1, 0.15) is 16.1 Å². The van der Waals surface area contributed by atoms with E-state index in [1.54, 1.807) is 19.1 Å². The lowest BCUT2D eigenvalue weighted by atomic mass is 10.2. The van der Waals surface area contributed by atoms with Gasteiger partial charge in [0.05, 0.1) is 0 Å². The molecule has 0 aromatic carbocycles. The molecule has 0 radical (unpaired) electrons. The molecule has 1 rings (SSSR count). The minimum absolute atomic E-state index is 0.0556. The van der Waals surface area contributed by atoms with Crippen LogP contribution in [0.25, 0.3) is 0 Å². The number of aromatic nitrogens is 1. The van der Waals surface area contributed by atoms with Crippen molar-refractivity contribution in [2.75, 3.05) is 13.1 Å². The summed E-state index contributed by atoms with van der Waals surface area (Å²) in [6.07, 6.45) is 1.39. The minimum Gasteiger partial charge on any atom is -0.480 e. The molecule has 0 aliphatic carbocycles. The summed E-state index contributed by atoms with van der Waals surface area (Å²) >= 11 is 0. The van der Waals surface area contributed by atoms with Gasteiger partial charge in [-0.15, -0.1) is 0 Å². The van der Waals surface area contributed by atoms with Gasteiger partial charge in [0, 0.05) is 6.20 Å². The first kappa shape index (κ1) is 13.6. The van der Waals surface area contributed by atoms with E-state index in [2.05, 4.69) is 4.98 Å². The van der Waals surface area contributed by atoms with Crippen LogP contribution in [0.2, 0.25) is 0 Å². The molecule has 0 atom stereocenters. The number of pyridine rings is 1. The van der Waals surface area contributed by atoms with Gasteiger partial charge < -0.3 is 15.1 Å². The van der Waals surface area contributed by atoms with Gasteiger partial charge in [0.15, 0.2) is 0 Å². The first-order valence-corrected chi connectivity index (χ1v) is 5.06. The highest BCUT2D eigenvalue weighted by Crippen LogP contribution is 2.07. The molecule has 1 aromatic heterocycles. The van der Waals surface area contributed by atoms with Crippen molar-refractivity contribution in [2.24, 2.45) is 0 Å². The van der Waals surface area contributed by atoms with Crippen molar-refractivity contribution in [3.8, 4) is 0 Å². The van der Waals surface area contributed by atoms with Crippen molar-refractivity contribution in [2.45, 2.75) is 6.92 Å². The predicted molar refractivity (Wildman–Crippen MR) is 60.1 cm³/mol. The van der Waals surface area contributed by atoms with Crippen molar-refractivity contribution in [3.05, 3.63) is 29.6 Å². The van der Waals surface area contributed by atoms with Gasteiger partial charge in [0.25, 0.3) is 5.91 Å². The number of hydrogen-bond acceptors (Lipinski definition) is 4. The van der Waals surface area contributed by atoms with E-state index in [9.17, 15) is 14.4 Å². The molecule has 96 valence electrons. The molecular formula is C11H12N2O5. The molecule has 18 heavy (non-hydrogen) atoms. The molecular weight excluding hydrogens is 240 g/mol. The minimum atomic E-state index is -1.28. The Morgan fingerprint density at radius 3 is 2.22 bits per heavy atom. The lowest BCUT2D eigenvalue weighted by Crippen LogP contribution is -2.40. The molecule has 7 nitrogen and oxygen atoms in total. The fourth-order valence-electron chi connectivity index (χ4n) is 1.39. The monoisotopic (exact) mass is 252 g/mol. The van der Waals surface area contributed by atoms with Crippen molar-refractivity contribution in [3.63, 3.8) is 0 Å². The summed E-state index contributed by atoms with van der Waals surface area (Å²) in [6, 6.07) is 3.27. The van der Waals surface area contributed by atoms with E-state index in [1.807, 2.05) is 0 Å². The fraction of sp³-hybridized carbons (Fsp3) is 0.273. The first-order valence-electron chi connectivity index (χ1n) is 5.06. The molecule has 0 aliphatic rings. The third-order valence-electron chi connectivity index (χ3n) is 2.15. The van der Waals surface area contributed by atoms with Crippen molar-refractivity contribution < 1.29 is 24.6 Å². The van der Waals surface area contributed by atoms with Crippen LogP contribution in [-0.2, 0) is 9.59 Å². The number of carbonyl (C=O) groups is 3. The van der Waals surface area contributed by atoms with Crippen LogP contribution in [0, 0.1) is 6.92 Å². The van der Waals surface area contributed by atoms with Gasteiger partial charge >= 0.3 is 11.9 Å². The molecule has 1 aromatic rings. The highest BCUT2D eigenvalue weighted by molar-refractivity contribution is 5.96. The van der Waals surface area contributed by atoms with Gasteiger partial charge in [0.2, 0.25) is 0 Å². The molecule has 0 fully saturated rings. The first-order chi connectivity index (χ1) is 8.41. The molecule has 0 unspecified atom stereocenters. The van der Waals surface area contributed by atoms with E-state index in [-0.39, 0.29) is 5.69 Å². The maximum absolute atomic E-state index is 12.0. The predicted octanol–water partition coefficient (Wildman–Crippen LogP) is 0.00142.